The second-order valence-corrected chi connectivity index (χ2v) is 2.40. The Morgan fingerprint density at radius 3 is 2.29 bits per heavy atom. The molecule has 0 amide bonds. The van der Waals surface area contributed by atoms with Crippen molar-refractivity contribution < 1.29 is 13.6 Å². The van der Waals surface area contributed by atoms with E-state index >= 15 is 0 Å². The van der Waals surface area contributed by atoms with Crippen molar-refractivity contribution in [3.8, 4) is 0 Å². The summed E-state index contributed by atoms with van der Waals surface area (Å²) in [5.41, 5.74) is 0. The van der Waals surface area contributed by atoms with E-state index in [0.717, 1.165) is 0 Å². The first-order chi connectivity index (χ1) is 3.43. The Morgan fingerprint density at radius 2 is 2.00 bits per heavy atom. The average Bonchev–Trinajstić information content (AvgIpc) is 2.14. The average molecular weight is 122 g/mol. The van der Waals surface area contributed by atoms with Gasteiger partial charge in [0.05, 0.1) is 13.2 Å². The highest BCUT2D eigenvalue weighted by Gasteiger charge is 2.15. The molecule has 0 saturated carbocycles. The molecule has 4 heteroatoms. The minimum atomic E-state index is -0.943. The smallest absolute Gasteiger partial charge is 0.316 e. The van der Waals surface area contributed by atoms with Crippen molar-refractivity contribution in [2.45, 2.75) is 0 Å². The quantitative estimate of drug-likeness (QED) is 0.483. The van der Waals surface area contributed by atoms with Gasteiger partial charge in [-0.2, -0.15) is 0 Å². The summed E-state index contributed by atoms with van der Waals surface area (Å²) in [6.07, 6.45) is 0. The molecule has 0 aromatic heterocycles. The molecule has 1 heterocycles. The summed E-state index contributed by atoms with van der Waals surface area (Å²) >= 11 is 0. The molecule has 7 heavy (non-hydrogen) atoms. The fraction of sp³-hybridized carbons (Fsp3) is 1.00. The molecule has 1 saturated heterocycles. The predicted octanol–water partition coefficient (Wildman–Crippen LogP) is 0.906. The van der Waals surface area contributed by atoms with Crippen LogP contribution in [0.4, 0.5) is 0 Å². The van der Waals surface area contributed by atoms with E-state index in [0.29, 0.717) is 13.2 Å². The summed E-state index contributed by atoms with van der Waals surface area (Å²) < 4.78 is 14.6. The fourth-order valence-corrected chi connectivity index (χ4v) is 1.10. The molecular weight excluding hydrogens is 115 g/mol. The maximum Gasteiger partial charge on any atom is 0.332 e. The zero-order chi connectivity index (χ0) is 5.11. The lowest BCUT2D eigenvalue weighted by Gasteiger charge is -1.99. The molecule has 0 aliphatic carbocycles. The van der Waals surface area contributed by atoms with Gasteiger partial charge >= 0.3 is 8.60 Å². The van der Waals surface area contributed by atoms with Gasteiger partial charge in [-0.25, -0.2) is 0 Å². The highest BCUT2D eigenvalue weighted by atomic mass is 31.2. The third-order valence-electron chi connectivity index (χ3n) is 0.626. The van der Waals surface area contributed by atoms with Gasteiger partial charge in [0.15, 0.2) is 0 Å². The van der Waals surface area contributed by atoms with Gasteiger partial charge in [0.2, 0.25) is 0 Å². The van der Waals surface area contributed by atoms with Gasteiger partial charge in [0, 0.05) is 7.11 Å². The Hall–Kier alpha value is 0.310. The molecule has 1 aliphatic heterocycles. The van der Waals surface area contributed by atoms with Crippen molar-refractivity contribution in [1.29, 1.82) is 0 Å². The highest BCUT2D eigenvalue weighted by Crippen LogP contribution is 2.41. The van der Waals surface area contributed by atoms with E-state index in [1.165, 1.54) is 0 Å². The van der Waals surface area contributed by atoms with Crippen LogP contribution in [-0.2, 0) is 13.6 Å². The molecule has 0 atom stereocenters. The predicted molar refractivity (Wildman–Crippen MR) is 25.8 cm³/mol. The first kappa shape index (κ1) is 5.45. The van der Waals surface area contributed by atoms with Crippen LogP contribution in [0.25, 0.3) is 0 Å². The first-order valence-electron chi connectivity index (χ1n) is 2.03. The lowest BCUT2D eigenvalue weighted by atomic mass is 10.8. The van der Waals surface area contributed by atoms with Crippen molar-refractivity contribution >= 4 is 8.60 Å². The lowest BCUT2D eigenvalue weighted by Crippen LogP contribution is -1.79. The maximum absolute atomic E-state index is 4.92. The first-order valence-corrected chi connectivity index (χ1v) is 3.13. The maximum atomic E-state index is 4.92. The second-order valence-electron chi connectivity index (χ2n) is 1.07. The summed E-state index contributed by atoms with van der Waals surface area (Å²) in [5.74, 6) is 0. The van der Waals surface area contributed by atoms with E-state index in [9.17, 15) is 0 Å². The molecule has 1 fully saturated rings. The Balaban J connectivity index is 2.14. The van der Waals surface area contributed by atoms with Gasteiger partial charge in [0.25, 0.3) is 0 Å². The van der Waals surface area contributed by atoms with Gasteiger partial charge < -0.3 is 13.6 Å². The molecule has 0 N–H and O–H groups in total. The van der Waals surface area contributed by atoms with Crippen molar-refractivity contribution in [1.82, 2.24) is 0 Å². The van der Waals surface area contributed by atoms with Crippen molar-refractivity contribution in [2.24, 2.45) is 0 Å². The van der Waals surface area contributed by atoms with E-state index in [-0.39, 0.29) is 0 Å². The monoisotopic (exact) mass is 122 g/mol. The van der Waals surface area contributed by atoms with E-state index in [4.69, 9.17) is 13.6 Å². The van der Waals surface area contributed by atoms with Crippen LogP contribution in [0, 0.1) is 0 Å². The molecule has 0 radical (unpaired) electrons. The van der Waals surface area contributed by atoms with Crippen LogP contribution < -0.4 is 0 Å². The van der Waals surface area contributed by atoms with E-state index in [1.54, 1.807) is 7.11 Å². The summed E-state index contributed by atoms with van der Waals surface area (Å²) in [4.78, 5) is 0. The van der Waals surface area contributed by atoms with Crippen LogP contribution >= 0.6 is 8.60 Å². The van der Waals surface area contributed by atoms with Gasteiger partial charge in [-0.3, -0.25) is 0 Å². The molecule has 0 aromatic carbocycles. The summed E-state index contributed by atoms with van der Waals surface area (Å²) in [5, 5.41) is 0. The second kappa shape index (κ2) is 2.58. The van der Waals surface area contributed by atoms with Gasteiger partial charge in [-0.15, -0.1) is 0 Å². The molecule has 0 unspecified atom stereocenters. The van der Waals surface area contributed by atoms with Crippen LogP contribution in [0.2, 0.25) is 0 Å². The van der Waals surface area contributed by atoms with Crippen LogP contribution in [0.15, 0.2) is 0 Å². The Kier molecular flexibility index (Phi) is 2.00. The summed E-state index contributed by atoms with van der Waals surface area (Å²) in [6, 6.07) is 0. The zero-order valence-electron chi connectivity index (χ0n) is 4.09. The molecule has 1 aliphatic rings. The molecule has 1 rings (SSSR count). The van der Waals surface area contributed by atoms with Gasteiger partial charge in [0.1, 0.15) is 0 Å². The number of hydrogen-bond acceptors (Lipinski definition) is 3. The Morgan fingerprint density at radius 1 is 1.43 bits per heavy atom. The van der Waals surface area contributed by atoms with Crippen LogP contribution in [-0.4, -0.2) is 20.3 Å². The standard InChI is InChI=1S/C3H7O3P/c1-4-7-5-2-3-6-7/h2-3H2,1H3. The third kappa shape index (κ3) is 1.35. The Bertz CT molecular complexity index is 52.1. The van der Waals surface area contributed by atoms with Gasteiger partial charge in [-0.1, -0.05) is 0 Å². The minimum Gasteiger partial charge on any atom is -0.316 e. The van der Waals surface area contributed by atoms with Crippen LogP contribution in [0.5, 0.6) is 0 Å². The molecular formula is C3H7O3P. The topological polar surface area (TPSA) is 27.7 Å². The largest absolute Gasteiger partial charge is 0.332 e. The normalized spacial score (nSPS) is 23.6. The number of rotatable bonds is 1. The Labute approximate surface area is 43.6 Å². The molecule has 3 nitrogen and oxygen atoms in total. The summed E-state index contributed by atoms with van der Waals surface area (Å²) in [6.45, 7) is 1.36. The SMILES string of the molecule is COP1OCCO1. The molecule has 42 valence electrons. The van der Waals surface area contributed by atoms with Crippen molar-refractivity contribution in [2.75, 3.05) is 20.3 Å². The zero-order valence-corrected chi connectivity index (χ0v) is 4.98. The van der Waals surface area contributed by atoms with E-state index in [1.807, 2.05) is 0 Å². The molecule has 0 bridgehead atoms. The lowest BCUT2D eigenvalue weighted by molar-refractivity contribution is 0.297. The third-order valence-corrected chi connectivity index (χ3v) is 1.71. The fourth-order valence-electron chi connectivity index (χ4n) is 0.366. The van der Waals surface area contributed by atoms with Crippen molar-refractivity contribution in [3.63, 3.8) is 0 Å². The number of hydrogen-bond donors (Lipinski definition) is 0. The van der Waals surface area contributed by atoms with E-state index in [2.05, 4.69) is 0 Å². The molecule has 0 aromatic rings. The van der Waals surface area contributed by atoms with Crippen LogP contribution in [0.1, 0.15) is 0 Å². The highest BCUT2D eigenvalue weighted by molar-refractivity contribution is 7.41. The minimum absolute atomic E-state index is 0.680. The van der Waals surface area contributed by atoms with Crippen LogP contribution in [0.3, 0.4) is 0 Å². The van der Waals surface area contributed by atoms with E-state index < -0.39 is 8.60 Å². The summed E-state index contributed by atoms with van der Waals surface area (Å²) in [7, 11) is 0.637. The van der Waals surface area contributed by atoms with Crippen molar-refractivity contribution in [3.05, 3.63) is 0 Å². The molecule has 0 spiro atoms. The van der Waals surface area contributed by atoms with Gasteiger partial charge in [-0.05, 0) is 0 Å².